The smallest absolute Gasteiger partial charge is 0.309 e. The van der Waals surface area contributed by atoms with Gasteiger partial charge in [0.25, 0.3) is 0 Å². The van der Waals surface area contributed by atoms with E-state index in [0.717, 1.165) is 16.6 Å². The molecule has 0 radical (unpaired) electrons. The monoisotopic (exact) mass is 424 g/mol. The molecule has 152 valence electrons. The van der Waals surface area contributed by atoms with E-state index in [0.29, 0.717) is 27.7 Å². The molecule has 0 spiro atoms. The first-order valence-electron chi connectivity index (χ1n) is 8.72. The lowest BCUT2D eigenvalue weighted by Crippen LogP contribution is -2.18. The number of carbonyl (C=O) groups is 1. The van der Waals surface area contributed by atoms with E-state index in [1.54, 1.807) is 30.6 Å². The van der Waals surface area contributed by atoms with Crippen molar-refractivity contribution >= 4 is 45.6 Å². The van der Waals surface area contributed by atoms with Crippen LogP contribution in [-0.2, 0) is 0 Å². The van der Waals surface area contributed by atoms with Crippen LogP contribution in [0.1, 0.15) is 0 Å². The minimum Gasteiger partial charge on any atom is -0.396 e. The second-order valence-electron chi connectivity index (χ2n) is 6.19. The standard InChI is InChI=1S/C20H14ClFN4.CH4N2O/c21-12-5-6-15(22)14(9-12)20-10-19(13-3-1-2-4-17(13)25-20)26-18-7-8-24-11-16(18)23;2-1(3)4/h1-11H,23H2,(H,24,25,26);(H4,2,3,4). The molecule has 2 amide bonds. The predicted molar refractivity (Wildman–Crippen MR) is 118 cm³/mol. The van der Waals surface area contributed by atoms with Crippen molar-refractivity contribution < 1.29 is 9.18 Å². The summed E-state index contributed by atoms with van der Waals surface area (Å²) in [6.07, 6.45) is 3.23. The number of rotatable bonds is 3. The molecule has 7 nitrogen and oxygen atoms in total. The average molecular weight is 425 g/mol. The van der Waals surface area contributed by atoms with E-state index in [2.05, 4.69) is 26.8 Å². The maximum Gasteiger partial charge on any atom is 0.309 e. The highest BCUT2D eigenvalue weighted by Gasteiger charge is 2.12. The zero-order chi connectivity index (χ0) is 21.7. The summed E-state index contributed by atoms with van der Waals surface area (Å²) < 4.78 is 14.3. The number of para-hydroxylation sites is 1. The van der Waals surface area contributed by atoms with Gasteiger partial charge in [-0.15, -0.1) is 0 Å². The minimum absolute atomic E-state index is 0.342. The van der Waals surface area contributed by atoms with Crippen LogP contribution in [-0.4, -0.2) is 16.0 Å². The number of aromatic nitrogens is 2. The number of nitrogens with zero attached hydrogens (tertiary/aromatic N) is 2. The first-order valence-corrected chi connectivity index (χ1v) is 9.09. The number of urea groups is 1. The van der Waals surface area contributed by atoms with Crippen molar-refractivity contribution in [3.63, 3.8) is 0 Å². The Morgan fingerprint density at radius 2 is 1.77 bits per heavy atom. The molecule has 0 unspecified atom stereocenters. The minimum atomic E-state index is -0.833. The second-order valence-corrected chi connectivity index (χ2v) is 6.62. The van der Waals surface area contributed by atoms with Gasteiger partial charge in [-0.2, -0.15) is 0 Å². The van der Waals surface area contributed by atoms with Gasteiger partial charge in [-0.1, -0.05) is 29.8 Å². The van der Waals surface area contributed by atoms with Crippen LogP contribution in [0.4, 0.5) is 26.2 Å². The van der Waals surface area contributed by atoms with Gasteiger partial charge in [0.2, 0.25) is 0 Å². The Labute approximate surface area is 176 Å². The van der Waals surface area contributed by atoms with Gasteiger partial charge < -0.3 is 22.5 Å². The fourth-order valence-electron chi connectivity index (χ4n) is 2.78. The zero-order valence-electron chi connectivity index (χ0n) is 15.6. The number of nitrogens with two attached hydrogens (primary N) is 3. The van der Waals surface area contributed by atoms with Crippen LogP contribution in [0.25, 0.3) is 22.2 Å². The summed E-state index contributed by atoms with van der Waals surface area (Å²) >= 11 is 6.04. The number of hydrogen-bond donors (Lipinski definition) is 4. The molecule has 0 fully saturated rings. The van der Waals surface area contributed by atoms with Gasteiger partial charge in [-0.25, -0.2) is 14.2 Å². The van der Waals surface area contributed by atoms with Gasteiger partial charge in [-0.05, 0) is 36.4 Å². The Balaban J connectivity index is 0.000000589. The van der Waals surface area contributed by atoms with Crippen molar-refractivity contribution in [3.05, 3.63) is 77.8 Å². The molecule has 4 rings (SSSR count). The van der Waals surface area contributed by atoms with Crippen molar-refractivity contribution in [3.8, 4) is 11.3 Å². The lowest BCUT2D eigenvalue weighted by Gasteiger charge is -2.14. The number of carbonyl (C=O) groups excluding carboxylic acids is 1. The maximum atomic E-state index is 14.3. The summed E-state index contributed by atoms with van der Waals surface area (Å²) in [5.74, 6) is -0.383. The number of halogens is 2. The van der Waals surface area contributed by atoms with Crippen LogP contribution < -0.4 is 22.5 Å². The van der Waals surface area contributed by atoms with Crippen LogP contribution in [0, 0.1) is 5.82 Å². The quantitative estimate of drug-likeness (QED) is 0.386. The fraction of sp³-hybridized carbons (Fsp3) is 0. The normalized spacial score (nSPS) is 10.2. The topological polar surface area (TPSA) is 133 Å². The number of hydrogen-bond acceptors (Lipinski definition) is 5. The fourth-order valence-corrected chi connectivity index (χ4v) is 2.95. The second kappa shape index (κ2) is 9.06. The van der Waals surface area contributed by atoms with E-state index in [4.69, 9.17) is 22.1 Å². The lowest BCUT2D eigenvalue weighted by atomic mass is 10.1. The summed E-state index contributed by atoms with van der Waals surface area (Å²) in [4.78, 5) is 17.6. The Kier molecular flexibility index (Phi) is 6.29. The molecule has 4 aromatic rings. The summed E-state index contributed by atoms with van der Waals surface area (Å²) in [5.41, 5.74) is 18.1. The SMILES string of the molecule is NC(N)=O.Nc1cnccc1Nc1cc(-c2cc(Cl)ccc2F)nc2ccccc12. The van der Waals surface area contributed by atoms with E-state index in [1.165, 1.54) is 12.1 Å². The van der Waals surface area contributed by atoms with Crippen molar-refractivity contribution in [1.82, 2.24) is 9.97 Å². The van der Waals surface area contributed by atoms with E-state index >= 15 is 0 Å². The largest absolute Gasteiger partial charge is 0.396 e. The van der Waals surface area contributed by atoms with Crippen molar-refractivity contribution in [2.45, 2.75) is 0 Å². The molecule has 0 saturated carbocycles. The van der Waals surface area contributed by atoms with E-state index in [1.807, 2.05) is 24.3 Å². The first-order chi connectivity index (χ1) is 14.3. The number of amides is 2. The Morgan fingerprint density at radius 3 is 2.50 bits per heavy atom. The highest BCUT2D eigenvalue weighted by molar-refractivity contribution is 6.30. The molecule has 0 atom stereocenters. The van der Waals surface area contributed by atoms with Crippen LogP contribution in [0.3, 0.4) is 0 Å². The van der Waals surface area contributed by atoms with E-state index < -0.39 is 6.03 Å². The van der Waals surface area contributed by atoms with Crippen LogP contribution in [0.15, 0.2) is 67.0 Å². The Bertz CT molecular complexity index is 1210. The third kappa shape index (κ3) is 4.92. The number of nitrogens with one attached hydrogen (secondary N) is 1. The molecule has 2 heterocycles. The molecule has 7 N–H and O–H groups in total. The lowest BCUT2D eigenvalue weighted by molar-refractivity contribution is 0.256. The van der Waals surface area contributed by atoms with Crippen LogP contribution in [0.2, 0.25) is 5.02 Å². The molecule has 9 heteroatoms. The van der Waals surface area contributed by atoms with Gasteiger partial charge in [0.1, 0.15) is 5.82 Å². The van der Waals surface area contributed by atoms with Crippen LogP contribution in [0.5, 0.6) is 0 Å². The van der Waals surface area contributed by atoms with Crippen molar-refractivity contribution in [2.75, 3.05) is 11.1 Å². The summed E-state index contributed by atoms with van der Waals surface area (Å²) in [6.45, 7) is 0. The molecule has 0 aliphatic rings. The van der Waals surface area contributed by atoms with Gasteiger partial charge in [0.15, 0.2) is 0 Å². The molecular weight excluding hydrogens is 407 g/mol. The van der Waals surface area contributed by atoms with Gasteiger partial charge in [0.05, 0.1) is 34.5 Å². The molecule has 0 aliphatic carbocycles. The number of anilines is 3. The number of benzene rings is 2. The molecule has 30 heavy (non-hydrogen) atoms. The first kappa shape index (κ1) is 20.8. The molecule has 2 aromatic carbocycles. The Morgan fingerprint density at radius 1 is 1.03 bits per heavy atom. The van der Waals surface area contributed by atoms with Gasteiger partial charge in [0, 0.05) is 22.2 Å². The number of fused-ring (bicyclic) bond motifs is 1. The summed E-state index contributed by atoms with van der Waals surface area (Å²) in [5, 5.41) is 4.65. The zero-order valence-corrected chi connectivity index (χ0v) is 16.4. The summed E-state index contributed by atoms with van der Waals surface area (Å²) in [6, 6.07) is 14.8. The average Bonchev–Trinajstić information content (AvgIpc) is 2.71. The molecular formula is C21H18ClFN6O. The van der Waals surface area contributed by atoms with Crippen molar-refractivity contribution in [1.29, 1.82) is 0 Å². The van der Waals surface area contributed by atoms with Crippen molar-refractivity contribution in [2.24, 2.45) is 11.5 Å². The molecule has 0 bridgehead atoms. The number of primary amides is 2. The van der Waals surface area contributed by atoms with Crippen LogP contribution >= 0.6 is 11.6 Å². The third-order valence-corrected chi connectivity index (χ3v) is 4.28. The predicted octanol–water partition coefficient (Wildman–Crippen LogP) is 4.44. The molecule has 0 saturated heterocycles. The Hall–Kier alpha value is -3.91. The summed E-state index contributed by atoms with van der Waals surface area (Å²) in [7, 11) is 0. The highest BCUT2D eigenvalue weighted by atomic mass is 35.5. The van der Waals surface area contributed by atoms with Gasteiger partial charge >= 0.3 is 6.03 Å². The number of nitrogen functional groups attached to an aromatic ring is 1. The number of pyridine rings is 2. The van der Waals surface area contributed by atoms with Gasteiger partial charge in [-0.3, -0.25) is 4.98 Å². The van der Waals surface area contributed by atoms with E-state index in [-0.39, 0.29) is 5.82 Å². The molecule has 2 aromatic heterocycles. The van der Waals surface area contributed by atoms with E-state index in [9.17, 15) is 4.39 Å². The molecule has 0 aliphatic heterocycles. The highest BCUT2D eigenvalue weighted by Crippen LogP contribution is 2.33. The third-order valence-electron chi connectivity index (χ3n) is 4.04. The maximum absolute atomic E-state index is 14.3.